The topological polar surface area (TPSA) is 66.8 Å². The van der Waals surface area contributed by atoms with Gasteiger partial charge in [0.2, 0.25) is 5.91 Å². The van der Waals surface area contributed by atoms with Crippen molar-refractivity contribution in [1.82, 2.24) is 24.6 Å². The van der Waals surface area contributed by atoms with E-state index in [4.69, 9.17) is 0 Å². The van der Waals surface area contributed by atoms with Crippen LogP contribution in [0.4, 0.5) is 0 Å². The van der Waals surface area contributed by atoms with Gasteiger partial charge in [-0.3, -0.25) is 14.9 Å². The second-order valence-electron chi connectivity index (χ2n) is 8.86. The Morgan fingerprint density at radius 2 is 2.10 bits per heavy atom. The van der Waals surface area contributed by atoms with Crippen LogP contribution in [0.1, 0.15) is 24.8 Å². The van der Waals surface area contributed by atoms with Crippen molar-refractivity contribution in [3.8, 4) is 11.1 Å². The number of rotatable bonds is 5. The molecule has 0 spiro atoms. The third-order valence-electron chi connectivity index (χ3n) is 7.07. The van der Waals surface area contributed by atoms with Gasteiger partial charge in [-0.2, -0.15) is 5.10 Å². The molecule has 1 amide bonds. The highest BCUT2D eigenvalue weighted by Gasteiger charge is 2.48. The summed E-state index contributed by atoms with van der Waals surface area (Å²) in [7, 11) is 0. The van der Waals surface area contributed by atoms with Crippen LogP contribution in [-0.2, 0) is 17.8 Å². The first-order chi connectivity index (χ1) is 15.3. The standard InChI is InChI=1S/C25H25N5O/c31-25(10-17-2-1-8-26-13-17)30-22-4-6-24(30)20(12-22)16-29-9-7-19-11-18(3-5-23(19)29)21-14-27-28-15-21/h1-3,5,7-9,11,13-15,20,22,24H,4,6,10,12,16H2,(H,27,28). The predicted molar refractivity (Wildman–Crippen MR) is 119 cm³/mol. The molecule has 3 aromatic heterocycles. The van der Waals surface area contributed by atoms with Gasteiger partial charge in [0.1, 0.15) is 0 Å². The number of carbonyl (C=O) groups is 1. The second kappa shape index (κ2) is 7.38. The number of carbonyl (C=O) groups excluding carboxylic acids is 1. The van der Waals surface area contributed by atoms with Crippen molar-refractivity contribution in [2.24, 2.45) is 5.92 Å². The molecule has 2 bridgehead atoms. The Labute approximate surface area is 180 Å². The number of nitrogens with zero attached hydrogens (tertiary/aromatic N) is 4. The zero-order valence-corrected chi connectivity index (χ0v) is 17.3. The average Bonchev–Trinajstić information content (AvgIpc) is 3.58. The Bertz CT molecular complexity index is 1210. The van der Waals surface area contributed by atoms with Crippen molar-refractivity contribution in [3.05, 3.63) is 72.9 Å². The van der Waals surface area contributed by atoms with Crippen molar-refractivity contribution in [2.75, 3.05) is 0 Å². The quantitative estimate of drug-likeness (QED) is 0.539. The number of amides is 1. The normalized spacial score (nSPS) is 22.5. The van der Waals surface area contributed by atoms with Crippen LogP contribution in [0.25, 0.3) is 22.0 Å². The van der Waals surface area contributed by atoms with E-state index in [0.29, 0.717) is 24.4 Å². The summed E-state index contributed by atoms with van der Waals surface area (Å²) >= 11 is 0. The van der Waals surface area contributed by atoms with Gasteiger partial charge in [0.25, 0.3) is 0 Å². The van der Waals surface area contributed by atoms with E-state index in [0.717, 1.165) is 36.9 Å². The molecule has 6 heteroatoms. The van der Waals surface area contributed by atoms with E-state index in [2.05, 4.69) is 55.1 Å². The monoisotopic (exact) mass is 411 g/mol. The molecule has 31 heavy (non-hydrogen) atoms. The van der Waals surface area contributed by atoms with Gasteiger partial charge < -0.3 is 9.47 Å². The molecule has 6 nitrogen and oxygen atoms in total. The lowest BCUT2D eigenvalue weighted by atomic mass is 9.89. The number of nitrogens with one attached hydrogen (secondary N) is 1. The van der Waals surface area contributed by atoms with Crippen LogP contribution >= 0.6 is 0 Å². The molecule has 0 radical (unpaired) electrons. The average molecular weight is 412 g/mol. The Kier molecular flexibility index (Phi) is 4.37. The number of H-pyrrole nitrogens is 1. The highest BCUT2D eigenvalue weighted by molar-refractivity contribution is 5.85. The maximum absolute atomic E-state index is 13.1. The summed E-state index contributed by atoms with van der Waals surface area (Å²) in [4.78, 5) is 19.4. The largest absolute Gasteiger partial charge is 0.347 e. The van der Waals surface area contributed by atoms with Gasteiger partial charge in [-0.15, -0.1) is 0 Å². The molecule has 2 saturated heterocycles. The smallest absolute Gasteiger partial charge is 0.227 e. The van der Waals surface area contributed by atoms with Crippen molar-refractivity contribution in [2.45, 2.75) is 44.3 Å². The molecule has 3 unspecified atom stereocenters. The van der Waals surface area contributed by atoms with Gasteiger partial charge in [-0.05, 0) is 60.6 Å². The third-order valence-corrected chi connectivity index (χ3v) is 7.07. The summed E-state index contributed by atoms with van der Waals surface area (Å²) in [5.41, 5.74) is 4.53. The molecule has 2 fully saturated rings. The number of aromatic nitrogens is 4. The summed E-state index contributed by atoms with van der Waals surface area (Å²) in [6.45, 7) is 0.965. The lowest BCUT2D eigenvalue weighted by Crippen LogP contribution is -2.38. The van der Waals surface area contributed by atoms with E-state index in [1.807, 2.05) is 24.5 Å². The number of hydrogen-bond donors (Lipinski definition) is 1. The summed E-state index contributed by atoms with van der Waals surface area (Å²) in [6, 6.07) is 13.4. The Balaban J connectivity index is 1.20. The van der Waals surface area contributed by atoms with Crippen molar-refractivity contribution in [1.29, 1.82) is 0 Å². The Morgan fingerprint density at radius 3 is 2.94 bits per heavy atom. The molecular weight excluding hydrogens is 386 g/mol. The predicted octanol–water partition coefficient (Wildman–Crippen LogP) is 4.05. The summed E-state index contributed by atoms with van der Waals surface area (Å²) in [5, 5.41) is 8.18. The zero-order valence-electron chi connectivity index (χ0n) is 17.3. The van der Waals surface area contributed by atoms with Crippen LogP contribution in [0.2, 0.25) is 0 Å². The van der Waals surface area contributed by atoms with Crippen LogP contribution in [0.5, 0.6) is 0 Å². The highest BCUT2D eigenvalue weighted by Crippen LogP contribution is 2.43. The first-order valence-electron chi connectivity index (χ1n) is 11.0. The Hall–Kier alpha value is -3.41. The lowest BCUT2D eigenvalue weighted by Gasteiger charge is -2.25. The van der Waals surface area contributed by atoms with Gasteiger partial charge in [-0.25, -0.2) is 0 Å². The third kappa shape index (κ3) is 3.23. The fraction of sp³-hybridized carbons (Fsp3) is 0.320. The maximum Gasteiger partial charge on any atom is 0.227 e. The number of pyridine rings is 1. The molecular formula is C25H25N5O. The molecule has 5 heterocycles. The molecule has 1 aromatic carbocycles. The van der Waals surface area contributed by atoms with Crippen molar-refractivity contribution in [3.63, 3.8) is 0 Å². The highest BCUT2D eigenvalue weighted by atomic mass is 16.2. The fourth-order valence-electron chi connectivity index (χ4n) is 5.67. The molecule has 3 atom stereocenters. The first-order valence-corrected chi connectivity index (χ1v) is 11.0. The van der Waals surface area contributed by atoms with E-state index in [-0.39, 0.29) is 5.91 Å². The van der Waals surface area contributed by atoms with E-state index >= 15 is 0 Å². The Morgan fingerprint density at radius 1 is 1.13 bits per heavy atom. The minimum atomic E-state index is 0.255. The van der Waals surface area contributed by atoms with Crippen molar-refractivity contribution >= 4 is 16.8 Å². The molecule has 4 aromatic rings. The fourth-order valence-corrected chi connectivity index (χ4v) is 5.67. The van der Waals surface area contributed by atoms with Gasteiger partial charge >= 0.3 is 0 Å². The first kappa shape index (κ1) is 18.4. The summed E-state index contributed by atoms with van der Waals surface area (Å²) in [5.74, 6) is 0.769. The molecule has 0 saturated carbocycles. The summed E-state index contributed by atoms with van der Waals surface area (Å²) in [6.07, 6.45) is 13.3. The molecule has 1 N–H and O–H groups in total. The molecule has 2 aliphatic heterocycles. The van der Waals surface area contributed by atoms with Crippen LogP contribution in [-0.4, -0.2) is 42.6 Å². The minimum absolute atomic E-state index is 0.255. The molecule has 0 aliphatic carbocycles. The number of hydrogen-bond acceptors (Lipinski definition) is 3. The molecule has 2 aliphatic rings. The molecule has 6 rings (SSSR count). The van der Waals surface area contributed by atoms with E-state index in [1.54, 1.807) is 12.4 Å². The number of benzene rings is 1. The van der Waals surface area contributed by atoms with Crippen LogP contribution in [0, 0.1) is 5.92 Å². The maximum atomic E-state index is 13.1. The van der Waals surface area contributed by atoms with E-state index in [9.17, 15) is 4.79 Å². The molecule has 156 valence electrons. The van der Waals surface area contributed by atoms with Gasteiger partial charge in [0.05, 0.1) is 12.6 Å². The van der Waals surface area contributed by atoms with E-state index in [1.165, 1.54) is 16.5 Å². The van der Waals surface area contributed by atoms with Crippen LogP contribution in [0.3, 0.4) is 0 Å². The number of fused-ring (bicyclic) bond motifs is 3. The number of aromatic amines is 1. The van der Waals surface area contributed by atoms with Crippen molar-refractivity contribution < 1.29 is 4.79 Å². The van der Waals surface area contributed by atoms with Gasteiger partial charge in [-0.1, -0.05) is 12.1 Å². The minimum Gasteiger partial charge on any atom is -0.347 e. The SMILES string of the molecule is O=C(Cc1cccnc1)N1C2CCC1C(Cn1ccc3cc(-c4cn[nH]c4)ccc31)C2. The van der Waals surface area contributed by atoms with Gasteiger partial charge in [0.15, 0.2) is 0 Å². The van der Waals surface area contributed by atoms with E-state index < -0.39 is 0 Å². The zero-order chi connectivity index (χ0) is 20.8. The van der Waals surface area contributed by atoms with Gasteiger partial charge in [0, 0.05) is 59.9 Å². The summed E-state index contributed by atoms with van der Waals surface area (Å²) < 4.78 is 2.36. The van der Waals surface area contributed by atoms with Crippen LogP contribution < -0.4 is 0 Å². The second-order valence-corrected chi connectivity index (χ2v) is 8.86. The van der Waals surface area contributed by atoms with Crippen LogP contribution in [0.15, 0.2) is 67.4 Å². The lowest BCUT2D eigenvalue weighted by molar-refractivity contribution is -0.131.